The maximum Gasteiger partial charge on any atom is 0.225 e. The van der Waals surface area contributed by atoms with Gasteiger partial charge >= 0.3 is 0 Å². The molecule has 1 amide bonds. The second-order valence-corrected chi connectivity index (χ2v) is 5.64. The van der Waals surface area contributed by atoms with Crippen molar-refractivity contribution in [2.75, 3.05) is 20.1 Å². The van der Waals surface area contributed by atoms with Gasteiger partial charge in [-0.15, -0.1) is 11.3 Å². The van der Waals surface area contributed by atoms with E-state index in [0.29, 0.717) is 6.54 Å². The highest BCUT2D eigenvalue weighted by Crippen LogP contribution is 2.16. The number of carbonyl (C=O) groups is 1. The van der Waals surface area contributed by atoms with Crippen LogP contribution in [0.2, 0.25) is 0 Å². The summed E-state index contributed by atoms with van der Waals surface area (Å²) in [5.74, 6) is 0.457. The molecule has 1 aliphatic rings. The average Bonchev–Trinajstić information content (AvgIpc) is 2.75. The third-order valence-electron chi connectivity index (χ3n) is 3.13. The monoisotopic (exact) mass is 253 g/mol. The molecular formula is C12H19N3OS. The predicted molar refractivity (Wildman–Crippen MR) is 68.9 cm³/mol. The van der Waals surface area contributed by atoms with Crippen LogP contribution in [-0.4, -0.2) is 35.9 Å². The molecule has 0 unspecified atom stereocenters. The molecule has 1 fully saturated rings. The highest BCUT2D eigenvalue weighted by atomic mass is 32.1. The Balaban J connectivity index is 1.90. The molecule has 2 heterocycles. The number of carbonyl (C=O) groups excluding carboxylic acids is 1. The molecule has 0 atom stereocenters. The van der Waals surface area contributed by atoms with Crippen LogP contribution < -0.4 is 5.32 Å². The van der Waals surface area contributed by atoms with Crippen LogP contribution in [0.5, 0.6) is 0 Å². The van der Waals surface area contributed by atoms with Crippen molar-refractivity contribution in [3.8, 4) is 0 Å². The van der Waals surface area contributed by atoms with Crippen LogP contribution in [0, 0.1) is 12.8 Å². The lowest BCUT2D eigenvalue weighted by Gasteiger charge is -2.26. The van der Waals surface area contributed by atoms with Crippen LogP contribution in [0.25, 0.3) is 0 Å². The van der Waals surface area contributed by atoms with E-state index in [-0.39, 0.29) is 11.8 Å². The van der Waals surface area contributed by atoms with Gasteiger partial charge in [0.15, 0.2) is 0 Å². The molecule has 1 aromatic rings. The SMILES string of the molecule is Cc1nc(CN(C)C(=O)C2CCNCC2)cs1. The highest BCUT2D eigenvalue weighted by molar-refractivity contribution is 7.09. The van der Waals surface area contributed by atoms with Gasteiger partial charge in [-0.25, -0.2) is 4.98 Å². The van der Waals surface area contributed by atoms with Gasteiger partial charge in [0.25, 0.3) is 0 Å². The van der Waals surface area contributed by atoms with E-state index in [1.54, 1.807) is 11.3 Å². The molecule has 0 saturated carbocycles. The topological polar surface area (TPSA) is 45.2 Å². The number of nitrogens with one attached hydrogen (secondary N) is 1. The van der Waals surface area contributed by atoms with Crippen LogP contribution in [0.1, 0.15) is 23.5 Å². The summed E-state index contributed by atoms with van der Waals surface area (Å²) in [4.78, 5) is 18.4. The summed E-state index contributed by atoms with van der Waals surface area (Å²) in [6, 6.07) is 0. The molecule has 1 N–H and O–H groups in total. The number of nitrogens with zero attached hydrogens (tertiary/aromatic N) is 2. The van der Waals surface area contributed by atoms with Gasteiger partial charge in [-0.2, -0.15) is 0 Å². The molecule has 94 valence electrons. The molecule has 0 radical (unpaired) electrons. The van der Waals surface area contributed by atoms with E-state index in [4.69, 9.17) is 0 Å². The number of piperidine rings is 1. The first kappa shape index (κ1) is 12.5. The Morgan fingerprint density at radius 1 is 1.59 bits per heavy atom. The van der Waals surface area contributed by atoms with Crippen molar-refractivity contribution in [1.82, 2.24) is 15.2 Å². The third kappa shape index (κ3) is 3.26. The van der Waals surface area contributed by atoms with E-state index in [1.165, 1.54) is 0 Å². The summed E-state index contributed by atoms with van der Waals surface area (Å²) in [6.45, 7) is 4.54. The molecule has 0 spiro atoms. The fraction of sp³-hybridized carbons (Fsp3) is 0.667. The first-order valence-electron chi connectivity index (χ1n) is 6.03. The van der Waals surface area contributed by atoms with Crippen molar-refractivity contribution in [2.45, 2.75) is 26.3 Å². The van der Waals surface area contributed by atoms with Gasteiger partial charge < -0.3 is 10.2 Å². The quantitative estimate of drug-likeness (QED) is 0.886. The lowest BCUT2D eigenvalue weighted by atomic mass is 9.97. The lowest BCUT2D eigenvalue weighted by molar-refractivity contribution is -0.135. The minimum Gasteiger partial charge on any atom is -0.340 e. The average molecular weight is 253 g/mol. The first-order valence-corrected chi connectivity index (χ1v) is 6.91. The van der Waals surface area contributed by atoms with Gasteiger partial charge in [-0.05, 0) is 32.9 Å². The van der Waals surface area contributed by atoms with Crippen LogP contribution in [-0.2, 0) is 11.3 Å². The van der Waals surface area contributed by atoms with Crippen LogP contribution in [0.15, 0.2) is 5.38 Å². The minimum atomic E-state index is 0.195. The van der Waals surface area contributed by atoms with E-state index in [1.807, 2.05) is 24.3 Å². The van der Waals surface area contributed by atoms with Crippen molar-refractivity contribution in [3.05, 3.63) is 16.1 Å². The first-order chi connectivity index (χ1) is 8.16. The molecule has 1 aromatic heterocycles. The maximum atomic E-state index is 12.2. The van der Waals surface area contributed by atoms with Crippen molar-refractivity contribution >= 4 is 17.2 Å². The number of thiazole rings is 1. The van der Waals surface area contributed by atoms with E-state index < -0.39 is 0 Å². The van der Waals surface area contributed by atoms with Gasteiger partial charge in [0.2, 0.25) is 5.91 Å². The molecule has 4 nitrogen and oxygen atoms in total. The van der Waals surface area contributed by atoms with Crippen molar-refractivity contribution in [3.63, 3.8) is 0 Å². The summed E-state index contributed by atoms with van der Waals surface area (Å²) in [5, 5.41) is 6.37. The van der Waals surface area contributed by atoms with Gasteiger partial charge in [0.1, 0.15) is 0 Å². The smallest absolute Gasteiger partial charge is 0.225 e. The minimum absolute atomic E-state index is 0.195. The zero-order chi connectivity index (χ0) is 12.3. The maximum absolute atomic E-state index is 12.2. The molecule has 0 bridgehead atoms. The van der Waals surface area contributed by atoms with Gasteiger partial charge in [-0.3, -0.25) is 4.79 Å². The molecule has 1 aliphatic heterocycles. The summed E-state index contributed by atoms with van der Waals surface area (Å²) >= 11 is 1.63. The molecule has 2 rings (SSSR count). The Labute approximate surface area is 106 Å². The van der Waals surface area contributed by atoms with Crippen molar-refractivity contribution in [2.24, 2.45) is 5.92 Å². The molecular weight excluding hydrogens is 234 g/mol. The van der Waals surface area contributed by atoms with Crippen LogP contribution in [0.4, 0.5) is 0 Å². The number of hydrogen-bond donors (Lipinski definition) is 1. The third-order valence-corrected chi connectivity index (χ3v) is 3.95. The highest BCUT2D eigenvalue weighted by Gasteiger charge is 2.24. The molecule has 5 heteroatoms. The number of hydrogen-bond acceptors (Lipinski definition) is 4. The van der Waals surface area contributed by atoms with Crippen LogP contribution >= 0.6 is 11.3 Å². The molecule has 1 saturated heterocycles. The Bertz CT molecular complexity index is 385. The molecule has 0 aromatic carbocycles. The van der Waals surface area contributed by atoms with E-state index in [9.17, 15) is 4.79 Å². The zero-order valence-electron chi connectivity index (χ0n) is 10.4. The van der Waals surface area contributed by atoms with Gasteiger partial charge in [0, 0.05) is 18.3 Å². The standard InChI is InChI=1S/C12H19N3OS/c1-9-14-11(8-17-9)7-15(2)12(16)10-3-5-13-6-4-10/h8,10,13H,3-7H2,1-2H3. The molecule has 17 heavy (non-hydrogen) atoms. The second-order valence-electron chi connectivity index (χ2n) is 4.58. The Morgan fingerprint density at radius 3 is 2.88 bits per heavy atom. The predicted octanol–water partition coefficient (Wildman–Crippen LogP) is 1.41. The van der Waals surface area contributed by atoms with Crippen LogP contribution in [0.3, 0.4) is 0 Å². The fourth-order valence-corrected chi connectivity index (χ4v) is 2.79. The summed E-state index contributed by atoms with van der Waals surface area (Å²) < 4.78 is 0. The Morgan fingerprint density at radius 2 is 2.29 bits per heavy atom. The number of aromatic nitrogens is 1. The second kappa shape index (κ2) is 5.60. The van der Waals surface area contributed by atoms with Gasteiger partial charge in [0.05, 0.1) is 17.2 Å². The summed E-state index contributed by atoms with van der Waals surface area (Å²) in [6.07, 6.45) is 1.92. The summed E-state index contributed by atoms with van der Waals surface area (Å²) in [7, 11) is 1.87. The van der Waals surface area contributed by atoms with E-state index in [2.05, 4.69) is 10.3 Å². The van der Waals surface area contributed by atoms with E-state index >= 15 is 0 Å². The Kier molecular flexibility index (Phi) is 4.12. The summed E-state index contributed by atoms with van der Waals surface area (Å²) in [5.41, 5.74) is 0.997. The zero-order valence-corrected chi connectivity index (χ0v) is 11.2. The number of aryl methyl sites for hydroxylation is 1. The number of amides is 1. The largest absolute Gasteiger partial charge is 0.340 e. The Hall–Kier alpha value is -0.940. The fourth-order valence-electron chi connectivity index (χ4n) is 2.18. The van der Waals surface area contributed by atoms with Crippen molar-refractivity contribution < 1.29 is 4.79 Å². The normalized spacial score (nSPS) is 17.1. The lowest BCUT2D eigenvalue weighted by Crippen LogP contribution is -2.38. The van der Waals surface area contributed by atoms with E-state index in [0.717, 1.165) is 36.6 Å². The number of rotatable bonds is 3. The van der Waals surface area contributed by atoms with Crippen molar-refractivity contribution in [1.29, 1.82) is 0 Å². The molecule has 0 aliphatic carbocycles. The van der Waals surface area contributed by atoms with Gasteiger partial charge in [-0.1, -0.05) is 0 Å².